The second kappa shape index (κ2) is 5.67. The molecule has 0 bridgehead atoms. The number of anilines is 1. The minimum Gasteiger partial charge on any atom is -0.480 e. The van der Waals surface area contributed by atoms with Gasteiger partial charge in [-0.15, -0.1) is 0 Å². The van der Waals surface area contributed by atoms with Gasteiger partial charge in [0.2, 0.25) is 0 Å². The zero-order chi connectivity index (χ0) is 15.6. The second-order valence-corrected chi connectivity index (χ2v) is 5.25. The summed E-state index contributed by atoms with van der Waals surface area (Å²) in [5.74, 6) is -2.55. The summed E-state index contributed by atoms with van der Waals surface area (Å²) in [6, 6.07) is 0.973. The quantitative estimate of drug-likeness (QED) is 0.803. The monoisotopic (exact) mass is 298 g/mol. The molecule has 1 fully saturated rings. The number of carbonyl (C=O) groups is 2. The van der Waals surface area contributed by atoms with Gasteiger partial charge in [0.05, 0.1) is 5.69 Å². The number of urea groups is 1. The average Bonchev–Trinajstić information content (AvgIpc) is 2.85. The molecule has 21 heavy (non-hydrogen) atoms. The van der Waals surface area contributed by atoms with Crippen LogP contribution in [0.1, 0.15) is 31.2 Å². The Morgan fingerprint density at radius 3 is 2.38 bits per heavy atom. The molecule has 2 rings (SSSR count). The maximum Gasteiger partial charge on any atom is 0.329 e. The molecule has 0 atom stereocenters. The Morgan fingerprint density at radius 1 is 1.19 bits per heavy atom. The lowest BCUT2D eigenvalue weighted by Crippen LogP contribution is -2.53. The minimum atomic E-state index is -1.33. The summed E-state index contributed by atoms with van der Waals surface area (Å²) >= 11 is 0. The molecule has 7 heteroatoms. The number of amides is 2. The molecule has 0 radical (unpaired) electrons. The van der Waals surface area contributed by atoms with Crippen molar-refractivity contribution >= 4 is 17.7 Å². The van der Waals surface area contributed by atoms with Gasteiger partial charge in [0.1, 0.15) is 17.2 Å². The van der Waals surface area contributed by atoms with E-state index in [1.807, 2.05) is 0 Å². The summed E-state index contributed by atoms with van der Waals surface area (Å²) in [5, 5.41) is 13.8. The molecule has 0 spiro atoms. The first-order chi connectivity index (χ1) is 9.84. The topological polar surface area (TPSA) is 78.4 Å². The third-order valence-corrected chi connectivity index (χ3v) is 3.72. The Kier molecular flexibility index (Phi) is 4.11. The molecule has 5 nitrogen and oxygen atoms in total. The molecule has 114 valence electrons. The van der Waals surface area contributed by atoms with Crippen LogP contribution in [-0.2, 0) is 4.79 Å². The zero-order valence-electron chi connectivity index (χ0n) is 11.5. The van der Waals surface area contributed by atoms with Crippen molar-refractivity contribution in [3.8, 4) is 0 Å². The van der Waals surface area contributed by atoms with E-state index in [2.05, 4.69) is 10.6 Å². The van der Waals surface area contributed by atoms with Crippen LogP contribution < -0.4 is 10.6 Å². The molecule has 0 heterocycles. The number of carboxylic acid groups (broad SMARTS) is 1. The van der Waals surface area contributed by atoms with Crippen molar-refractivity contribution in [3.05, 3.63) is 29.3 Å². The molecule has 0 unspecified atom stereocenters. The summed E-state index contributed by atoms with van der Waals surface area (Å²) < 4.78 is 27.0. The van der Waals surface area contributed by atoms with Crippen LogP contribution in [-0.4, -0.2) is 22.6 Å². The van der Waals surface area contributed by atoms with E-state index in [-0.39, 0.29) is 11.3 Å². The van der Waals surface area contributed by atoms with Gasteiger partial charge in [-0.2, -0.15) is 0 Å². The standard InChI is InChI=1S/C14H16F2N2O3/c1-8-6-10(16)11(7-9(8)15)17-13(21)18-14(12(19)20)4-2-3-5-14/h6-7H,2-5H2,1H3,(H,19,20)(H2,17,18,21). The second-order valence-electron chi connectivity index (χ2n) is 5.25. The number of benzene rings is 1. The van der Waals surface area contributed by atoms with Gasteiger partial charge in [0.25, 0.3) is 0 Å². The summed E-state index contributed by atoms with van der Waals surface area (Å²) in [4.78, 5) is 23.2. The smallest absolute Gasteiger partial charge is 0.329 e. The minimum absolute atomic E-state index is 0.122. The van der Waals surface area contributed by atoms with Crippen molar-refractivity contribution < 1.29 is 23.5 Å². The van der Waals surface area contributed by atoms with E-state index in [0.29, 0.717) is 25.7 Å². The Hall–Kier alpha value is -2.18. The third-order valence-electron chi connectivity index (χ3n) is 3.72. The lowest BCUT2D eigenvalue weighted by atomic mass is 9.98. The van der Waals surface area contributed by atoms with Crippen LogP contribution in [0.3, 0.4) is 0 Å². The Balaban J connectivity index is 2.12. The number of carboxylic acids is 1. The van der Waals surface area contributed by atoms with E-state index in [0.717, 1.165) is 12.1 Å². The van der Waals surface area contributed by atoms with Crippen LogP contribution in [0, 0.1) is 18.6 Å². The summed E-state index contributed by atoms with van der Waals surface area (Å²) in [7, 11) is 0. The van der Waals surface area contributed by atoms with E-state index >= 15 is 0 Å². The molecule has 1 aliphatic carbocycles. The Bertz CT molecular complexity index is 584. The normalized spacial score (nSPS) is 16.5. The van der Waals surface area contributed by atoms with Crippen LogP contribution >= 0.6 is 0 Å². The first-order valence-corrected chi connectivity index (χ1v) is 6.62. The number of rotatable bonds is 3. The van der Waals surface area contributed by atoms with Crippen LogP contribution in [0.5, 0.6) is 0 Å². The molecular formula is C14H16F2N2O3. The fourth-order valence-electron chi connectivity index (χ4n) is 2.48. The molecule has 0 saturated heterocycles. The number of aryl methyl sites for hydroxylation is 1. The lowest BCUT2D eigenvalue weighted by molar-refractivity contribution is -0.144. The number of nitrogens with one attached hydrogen (secondary N) is 2. The fraction of sp³-hybridized carbons (Fsp3) is 0.429. The van der Waals surface area contributed by atoms with Gasteiger partial charge >= 0.3 is 12.0 Å². The van der Waals surface area contributed by atoms with Crippen LogP contribution in [0.15, 0.2) is 12.1 Å². The highest BCUT2D eigenvalue weighted by Crippen LogP contribution is 2.30. The van der Waals surface area contributed by atoms with Gasteiger partial charge in [-0.25, -0.2) is 18.4 Å². The lowest BCUT2D eigenvalue weighted by Gasteiger charge is -2.25. The largest absolute Gasteiger partial charge is 0.480 e. The zero-order valence-corrected chi connectivity index (χ0v) is 11.5. The third kappa shape index (κ3) is 3.12. The van der Waals surface area contributed by atoms with E-state index in [1.165, 1.54) is 6.92 Å². The maximum absolute atomic E-state index is 13.6. The molecule has 3 N–H and O–H groups in total. The first kappa shape index (κ1) is 15.2. The molecule has 2 amide bonds. The predicted octanol–water partition coefficient (Wildman–Crippen LogP) is 2.79. The summed E-state index contributed by atoms with van der Waals surface area (Å²) in [5.41, 5.74) is -1.53. The van der Waals surface area contributed by atoms with Gasteiger partial charge in [-0.1, -0.05) is 12.8 Å². The molecular weight excluding hydrogens is 282 g/mol. The van der Waals surface area contributed by atoms with Crippen molar-refractivity contribution in [3.63, 3.8) is 0 Å². The van der Waals surface area contributed by atoms with E-state index < -0.39 is 29.2 Å². The molecule has 1 aromatic rings. The molecule has 1 saturated carbocycles. The van der Waals surface area contributed by atoms with E-state index in [9.17, 15) is 23.5 Å². The first-order valence-electron chi connectivity index (χ1n) is 6.62. The Morgan fingerprint density at radius 2 is 1.81 bits per heavy atom. The molecule has 0 aliphatic heterocycles. The molecule has 1 aromatic carbocycles. The van der Waals surface area contributed by atoms with E-state index in [4.69, 9.17) is 0 Å². The summed E-state index contributed by atoms with van der Waals surface area (Å²) in [6.45, 7) is 1.40. The maximum atomic E-state index is 13.6. The average molecular weight is 298 g/mol. The number of hydrogen-bond acceptors (Lipinski definition) is 2. The molecule has 0 aromatic heterocycles. The number of hydrogen-bond donors (Lipinski definition) is 3. The highest BCUT2D eigenvalue weighted by molar-refractivity contribution is 5.94. The number of halogens is 2. The number of aliphatic carboxylic acids is 1. The van der Waals surface area contributed by atoms with Gasteiger partial charge in [0, 0.05) is 6.07 Å². The Labute approximate surface area is 120 Å². The van der Waals surface area contributed by atoms with Crippen molar-refractivity contribution in [2.75, 3.05) is 5.32 Å². The summed E-state index contributed by atoms with van der Waals surface area (Å²) in [6.07, 6.45) is 2.03. The van der Waals surface area contributed by atoms with Gasteiger partial charge in [-0.05, 0) is 31.4 Å². The SMILES string of the molecule is Cc1cc(F)c(NC(=O)NC2(C(=O)O)CCCC2)cc1F. The van der Waals surface area contributed by atoms with Crippen LogP contribution in [0.2, 0.25) is 0 Å². The highest BCUT2D eigenvalue weighted by atomic mass is 19.1. The van der Waals surface area contributed by atoms with Crippen molar-refractivity contribution in [1.29, 1.82) is 0 Å². The van der Waals surface area contributed by atoms with Crippen molar-refractivity contribution in [1.82, 2.24) is 5.32 Å². The van der Waals surface area contributed by atoms with Gasteiger partial charge in [0.15, 0.2) is 0 Å². The van der Waals surface area contributed by atoms with Gasteiger partial charge < -0.3 is 15.7 Å². The van der Waals surface area contributed by atoms with Gasteiger partial charge in [-0.3, -0.25) is 0 Å². The fourth-order valence-corrected chi connectivity index (χ4v) is 2.48. The van der Waals surface area contributed by atoms with Crippen LogP contribution in [0.4, 0.5) is 19.3 Å². The van der Waals surface area contributed by atoms with E-state index in [1.54, 1.807) is 0 Å². The molecule has 1 aliphatic rings. The predicted molar refractivity (Wildman–Crippen MR) is 72.1 cm³/mol. The highest BCUT2D eigenvalue weighted by Gasteiger charge is 2.42. The van der Waals surface area contributed by atoms with Crippen molar-refractivity contribution in [2.24, 2.45) is 0 Å². The van der Waals surface area contributed by atoms with Crippen molar-refractivity contribution in [2.45, 2.75) is 38.1 Å². The number of carbonyl (C=O) groups excluding carboxylic acids is 1. The van der Waals surface area contributed by atoms with Crippen LogP contribution in [0.25, 0.3) is 0 Å².